The smallest absolute Gasteiger partial charge is 0.456 e. The van der Waals surface area contributed by atoms with Gasteiger partial charge in [-0.3, -0.25) is 0 Å². The van der Waals surface area contributed by atoms with Crippen LogP contribution in [0.25, 0.3) is 43.8 Å². The first-order chi connectivity index (χ1) is 15.3. The number of para-hydroxylation sites is 1. The SMILES string of the molecule is CC1(C)OB(c2ccc(-c3ccc4oc5ccccc5c4c3)c3ccccc23)OC1(C)C. The van der Waals surface area contributed by atoms with Crippen LogP contribution in [-0.4, -0.2) is 18.3 Å². The Bertz CT molecular complexity index is 1480. The second-order valence-corrected chi connectivity index (χ2v) is 9.65. The monoisotopic (exact) mass is 420 g/mol. The molecule has 0 aliphatic carbocycles. The molecule has 32 heavy (non-hydrogen) atoms. The molecule has 0 N–H and O–H groups in total. The first kappa shape index (κ1) is 19.6. The molecule has 0 unspecified atom stereocenters. The fourth-order valence-electron chi connectivity index (χ4n) is 4.64. The van der Waals surface area contributed by atoms with Gasteiger partial charge in [-0.05, 0) is 73.3 Å². The van der Waals surface area contributed by atoms with Crippen molar-refractivity contribution in [2.75, 3.05) is 0 Å². The van der Waals surface area contributed by atoms with Gasteiger partial charge in [0.1, 0.15) is 11.2 Å². The Morgan fingerprint density at radius 3 is 1.97 bits per heavy atom. The van der Waals surface area contributed by atoms with Crippen molar-refractivity contribution in [2.45, 2.75) is 38.9 Å². The van der Waals surface area contributed by atoms with Crippen LogP contribution in [0.3, 0.4) is 0 Å². The zero-order valence-electron chi connectivity index (χ0n) is 18.8. The summed E-state index contributed by atoms with van der Waals surface area (Å²) >= 11 is 0. The molecule has 158 valence electrons. The molecule has 2 heterocycles. The maximum atomic E-state index is 6.36. The molecule has 4 heteroatoms. The molecule has 0 spiro atoms. The highest BCUT2D eigenvalue weighted by Crippen LogP contribution is 2.38. The Labute approximate surface area is 188 Å². The lowest BCUT2D eigenvalue weighted by molar-refractivity contribution is 0.00578. The van der Waals surface area contributed by atoms with E-state index >= 15 is 0 Å². The highest BCUT2D eigenvalue weighted by Gasteiger charge is 2.52. The van der Waals surface area contributed by atoms with E-state index in [0.717, 1.165) is 32.8 Å². The molecule has 1 saturated heterocycles. The first-order valence-electron chi connectivity index (χ1n) is 11.1. The lowest BCUT2D eigenvalue weighted by atomic mass is 9.75. The Morgan fingerprint density at radius 2 is 1.22 bits per heavy atom. The fraction of sp³-hybridized carbons (Fsp3) is 0.214. The van der Waals surface area contributed by atoms with Gasteiger partial charge < -0.3 is 13.7 Å². The average Bonchev–Trinajstić information content (AvgIpc) is 3.25. The predicted molar refractivity (Wildman–Crippen MR) is 132 cm³/mol. The summed E-state index contributed by atoms with van der Waals surface area (Å²) in [5.41, 5.74) is 4.51. The van der Waals surface area contributed by atoms with E-state index in [1.165, 1.54) is 16.5 Å². The maximum Gasteiger partial charge on any atom is 0.495 e. The van der Waals surface area contributed by atoms with Gasteiger partial charge in [0.15, 0.2) is 0 Å². The topological polar surface area (TPSA) is 31.6 Å². The van der Waals surface area contributed by atoms with E-state index in [1.807, 2.05) is 12.1 Å². The van der Waals surface area contributed by atoms with Crippen molar-refractivity contribution in [1.29, 1.82) is 0 Å². The van der Waals surface area contributed by atoms with Crippen molar-refractivity contribution < 1.29 is 13.7 Å². The summed E-state index contributed by atoms with van der Waals surface area (Å²) in [5.74, 6) is 0. The number of rotatable bonds is 2. The molecule has 3 nitrogen and oxygen atoms in total. The Morgan fingerprint density at radius 1 is 0.594 bits per heavy atom. The molecule has 4 aromatic carbocycles. The molecule has 0 saturated carbocycles. The second-order valence-electron chi connectivity index (χ2n) is 9.65. The van der Waals surface area contributed by atoms with Crippen molar-refractivity contribution in [3.8, 4) is 11.1 Å². The van der Waals surface area contributed by atoms with E-state index in [9.17, 15) is 0 Å². The van der Waals surface area contributed by atoms with Crippen LogP contribution in [0, 0.1) is 0 Å². The van der Waals surface area contributed by atoms with Crippen LogP contribution in [-0.2, 0) is 9.31 Å². The van der Waals surface area contributed by atoms with Crippen LogP contribution in [0.4, 0.5) is 0 Å². The summed E-state index contributed by atoms with van der Waals surface area (Å²) in [7, 11) is -0.390. The Hall–Kier alpha value is -3.08. The molecule has 0 bridgehead atoms. The van der Waals surface area contributed by atoms with Gasteiger partial charge in [-0.2, -0.15) is 0 Å². The van der Waals surface area contributed by atoms with Crippen molar-refractivity contribution in [3.05, 3.63) is 78.9 Å². The molecule has 6 rings (SSSR count). The van der Waals surface area contributed by atoms with E-state index in [0.29, 0.717) is 0 Å². The number of hydrogen-bond donors (Lipinski definition) is 0. The summed E-state index contributed by atoms with van der Waals surface area (Å²) < 4.78 is 18.8. The molecule has 0 amide bonds. The summed E-state index contributed by atoms with van der Waals surface area (Å²) in [4.78, 5) is 0. The van der Waals surface area contributed by atoms with Gasteiger partial charge in [-0.1, -0.05) is 60.7 Å². The molecule has 1 aliphatic rings. The lowest BCUT2D eigenvalue weighted by Gasteiger charge is -2.32. The second kappa shape index (κ2) is 6.71. The van der Waals surface area contributed by atoms with Crippen LogP contribution >= 0.6 is 0 Å². The summed E-state index contributed by atoms with van der Waals surface area (Å²) in [6.45, 7) is 8.37. The van der Waals surface area contributed by atoms with Gasteiger partial charge in [-0.15, -0.1) is 0 Å². The third-order valence-corrected chi connectivity index (χ3v) is 7.15. The highest BCUT2D eigenvalue weighted by molar-refractivity contribution is 6.65. The molecule has 0 radical (unpaired) electrons. The Balaban J connectivity index is 1.52. The third-order valence-electron chi connectivity index (χ3n) is 7.15. The number of benzene rings is 4. The third kappa shape index (κ3) is 2.83. The lowest BCUT2D eigenvalue weighted by Crippen LogP contribution is -2.41. The van der Waals surface area contributed by atoms with Crippen LogP contribution in [0.5, 0.6) is 0 Å². The Kier molecular flexibility index (Phi) is 4.11. The molecular formula is C28H25BO3. The highest BCUT2D eigenvalue weighted by atomic mass is 16.7. The molecule has 5 aromatic rings. The molecule has 1 fully saturated rings. The summed E-state index contributed by atoms with van der Waals surface area (Å²) in [6.07, 6.45) is 0. The van der Waals surface area contributed by atoms with Crippen molar-refractivity contribution in [1.82, 2.24) is 0 Å². The van der Waals surface area contributed by atoms with Crippen molar-refractivity contribution in [2.24, 2.45) is 0 Å². The zero-order valence-corrected chi connectivity index (χ0v) is 18.8. The van der Waals surface area contributed by atoms with E-state index in [1.54, 1.807) is 0 Å². The van der Waals surface area contributed by atoms with Crippen LogP contribution in [0.15, 0.2) is 83.3 Å². The van der Waals surface area contributed by atoms with Crippen molar-refractivity contribution >= 4 is 45.3 Å². The van der Waals surface area contributed by atoms with E-state index in [4.69, 9.17) is 13.7 Å². The predicted octanol–water partition coefficient (Wildman–Crippen LogP) is 6.71. The summed E-state index contributed by atoms with van der Waals surface area (Å²) in [6, 6.07) is 27.5. The average molecular weight is 420 g/mol. The number of fused-ring (bicyclic) bond motifs is 4. The minimum Gasteiger partial charge on any atom is -0.456 e. The van der Waals surface area contributed by atoms with E-state index < -0.39 is 0 Å². The zero-order chi connectivity index (χ0) is 22.1. The normalized spacial score (nSPS) is 17.6. The van der Waals surface area contributed by atoms with Crippen LogP contribution in [0.2, 0.25) is 0 Å². The molecule has 0 atom stereocenters. The maximum absolute atomic E-state index is 6.36. The standard InChI is InChI=1S/C28H25BO3/c1-27(2)28(3,4)32-29(31-27)24-15-14-19(20-9-5-6-10-21(20)24)18-13-16-26-23(17-18)22-11-7-8-12-25(22)30-26/h5-17H,1-4H3. The summed E-state index contributed by atoms with van der Waals surface area (Å²) in [5, 5.41) is 4.62. The molecular weight excluding hydrogens is 395 g/mol. The van der Waals surface area contributed by atoms with Gasteiger partial charge in [-0.25, -0.2) is 0 Å². The first-order valence-corrected chi connectivity index (χ1v) is 11.1. The number of furan rings is 1. The van der Waals surface area contributed by atoms with Crippen molar-refractivity contribution in [3.63, 3.8) is 0 Å². The van der Waals surface area contributed by atoms with E-state index in [-0.39, 0.29) is 18.3 Å². The van der Waals surface area contributed by atoms with Gasteiger partial charge >= 0.3 is 7.12 Å². The van der Waals surface area contributed by atoms with Gasteiger partial charge in [0.05, 0.1) is 11.2 Å². The minimum atomic E-state index is -0.390. The van der Waals surface area contributed by atoms with Gasteiger partial charge in [0.25, 0.3) is 0 Å². The van der Waals surface area contributed by atoms with Gasteiger partial charge in [0.2, 0.25) is 0 Å². The van der Waals surface area contributed by atoms with Gasteiger partial charge in [0, 0.05) is 10.8 Å². The van der Waals surface area contributed by atoms with E-state index in [2.05, 4.69) is 94.4 Å². The largest absolute Gasteiger partial charge is 0.495 e. The van der Waals surface area contributed by atoms with Crippen LogP contribution < -0.4 is 5.46 Å². The number of hydrogen-bond acceptors (Lipinski definition) is 3. The molecule has 1 aromatic heterocycles. The quantitative estimate of drug-likeness (QED) is 0.298. The minimum absolute atomic E-state index is 0.370. The molecule has 1 aliphatic heterocycles. The van der Waals surface area contributed by atoms with Crippen LogP contribution in [0.1, 0.15) is 27.7 Å². The fourth-order valence-corrected chi connectivity index (χ4v) is 4.64.